The van der Waals surface area contributed by atoms with Crippen molar-refractivity contribution in [3.05, 3.63) is 33.7 Å². The van der Waals surface area contributed by atoms with Crippen LogP contribution >= 0.6 is 23.8 Å². The first-order valence-electron chi connectivity index (χ1n) is 4.39. The number of H-pyrrole nitrogens is 1. The maximum atomic E-state index is 5.89. The lowest BCUT2D eigenvalue weighted by atomic mass is 10.2. The average molecular weight is 225 g/mol. The Morgan fingerprint density at radius 2 is 2.29 bits per heavy atom. The molecule has 0 saturated carbocycles. The monoisotopic (exact) mass is 224 g/mol. The van der Waals surface area contributed by atoms with Crippen LogP contribution in [0, 0.1) is 4.64 Å². The number of halogens is 1. The molecule has 0 unspecified atom stereocenters. The highest BCUT2D eigenvalue weighted by atomic mass is 35.5. The number of benzene rings is 1. The standard InChI is InChI=1S/C10H9ClN2S/c1-2-9-12-8-5-6(11)3-4-7(8)10(14)13-9/h3-5H,2H2,1H3,(H,12,13,14). The van der Waals surface area contributed by atoms with Crippen LogP contribution in [0.5, 0.6) is 0 Å². The van der Waals surface area contributed by atoms with Crippen LogP contribution in [-0.2, 0) is 6.42 Å². The fourth-order valence-electron chi connectivity index (χ4n) is 1.34. The molecule has 0 fully saturated rings. The molecule has 14 heavy (non-hydrogen) atoms. The summed E-state index contributed by atoms with van der Waals surface area (Å²) >= 11 is 11.1. The van der Waals surface area contributed by atoms with E-state index in [0.29, 0.717) is 9.66 Å². The normalized spacial score (nSPS) is 10.7. The van der Waals surface area contributed by atoms with Crippen LogP contribution in [0.4, 0.5) is 0 Å². The molecule has 1 aromatic carbocycles. The summed E-state index contributed by atoms with van der Waals surface area (Å²) in [4.78, 5) is 7.46. The molecule has 0 spiro atoms. The van der Waals surface area contributed by atoms with Crippen molar-refractivity contribution in [2.24, 2.45) is 0 Å². The predicted octanol–water partition coefficient (Wildman–Crippen LogP) is 3.51. The van der Waals surface area contributed by atoms with Gasteiger partial charge in [0.05, 0.1) is 5.52 Å². The molecule has 4 heteroatoms. The molecule has 0 aliphatic rings. The molecule has 0 aliphatic carbocycles. The van der Waals surface area contributed by atoms with Crippen molar-refractivity contribution in [1.82, 2.24) is 9.97 Å². The molecule has 0 saturated heterocycles. The molecule has 1 aromatic heterocycles. The number of hydrogen-bond donors (Lipinski definition) is 1. The third kappa shape index (κ3) is 1.65. The van der Waals surface area contributed by atoms with Crippen molar-refractivity contribution in [2.45, 2.75) is 13.3 Å². The number of aromatic nitrogens is 2. The van der Waals surface area contributed by atoms with Crippen LogP contribution in [0.2, 0.25) is 5.02 Å². The minimum absolute atomic E-state index is 0.632. The first kappa shape index (κ1) is 9.62. The number of fused-ring (bicyclic) bond motifs is 1. The first-order chi connectivity index (χ1) is 6.70. The van der Waals surface area contributed by atoms with Gasteiger partial charge in [-0.05, 0) is 18.2 Å². The zero-order valence-electron chi connectivity index (χ0n) is 7.67. The van der Waals surface area contributed by atoms with Gasteiger partial charge in [-0.25, -0.2) is 4.98 Å². The van der Waals surface area contributed by atoms with E-state index in [1.807, 2.05) is 25.1 Å². The van der Waals surface area contributed by atoms with Gasteiger partial charge in [0.25, 0.3) is 0 Å². The molecule has 0 amide bonds. The number of nitrogens with one attached hydrogen (secondary N) is 1. The minimum Gasteiger partial charge on any atom is -0.343 e. The molecule has 1 N–H and O–H groups in total. The average Bonchev–Trinajstić information content (AvgIpc) is 2.16. The molecular weight excluding hydrogens is 216 g/mol. The number of hydrogen-bond acceptors (Lipinski definition) is 2. The van der Waals surface area contributed by atoms with Crippen LogP contribution in [0.1, 0.15) is 12.7 Å². The Balaban J connectivity index is 2.84. The minimum atomic E-state index is 0.632. The van der Waals surface area contributed by atoms with Gasteiger partial charge in [-0.3, -0.25) is 0 Å². The van der Waals surface area contributed by atoms with Gasteiger partial charge >= 0.3 is 0 Å². The molecule has 2 aromatic rings. The lowest BCUT2D eigenvalue weighted by Crippen LogP contribution is -1.93. The Bertz CT molecular complexity index is 533. The Morgan fingerprint density at radius 1 is 1.50 bits per heavy atom. The summed E-state index contributed by atoms with van der Waals surface area (Å²) in [5.41, 5.74) is 0.953. The fraction of sp³-hybridized carbons (Fsp3) is 0.200. The first-order valence-corrected chi connectivity index (χ1v) is 5.18. The lowest BCUT2D eigenvalue weighted by Gasteiger charge is -2.02. The lowest BCUT2D eigenvalue weighted by molar-refractivity contribution is 0.955. The van der Waals surface area contributed by atoms with Gasteiger partial charge in [-0.2, -0.15) is 0 Å². The van der Waals surface area contributed by atoms with E-state index in [2.05, 4.69) is 9.97 Å². The Labute approximate surface area is 91.9 Å². The Hall–Kier alpha value is -0.930. The van der Waals surface area contributed by atoms with E-state index < -0.39 is 0 Å². The zero-order chi connectivity index (χ0) is 10.1. The van der Waals surface area contributed by atoms with Gasteiger partial charge in [0, 0.05) is 16.8 Å². The second-order valence-electron chi connectivity index (χ2n) is 3.03. The summed E-state index contributed by atoms with van der Waals surface area (Å²) in [6.07, 6.45) is 0.839. The van der Waals surface area contributed by atoms with E-state index >= 15 is 0 Å². The summed E-state index contributed by atoms with van der Waals surface area (Å²) in [5, 5.41) is 1.65. The van der Waals surface area contributed by atoms with Crippen molar-refractivity contribution in [1.29, 1.82) is 0 Å². The second kappa shape index (κ2) is 3.67. The third-order valence-electron chi connectivity index (χ3n) is 2.06. The largest absolute Gasteiger partial charge is 0.343 e. The van der Waals surface area contributed by atoms with Gasteiger partial charge in [0.1, 0.15) is 10.5 Å². The smallest absolute Gasteiger partial charge is 0.137 e. The molecule has 72 valence electrons. The molecule has 0 atom stereocenters. The van der Waals surface area contributed by atoms with E-state index in [-0.39, 0.29) is 0 Å². The van der Waals surface area contributed by atoms with E-state index in [1.54, 1.807) is 0 Å². The molecule has 2 rings (SSSR count). The van der Waals surface area contributed by atoms with Crippen LogP contribution in [0.25, 0.3) is 10.9 Å². The summed E-state index contributed by atoms with van der Waals surface area (Å²) in [5.74, 6) is 0.893. The van der Waals surface area contributed by atoms with Crippen molar-refractivity contribution < 1.29 is 0 Å². The summed E-state index contributed by atoms with van der Waals surface area (Å²) < 4.78 is 0.632. The SMILES string of the molecule is CCc1nc(=S)c2ccc(Cl)cc2[nH]1. The van der Waals surface area contributed by atoms with Gasteiger partial charge in [-0.15, -0.1) is 0 Å². The number of rotatable bonds is 1. The van der Waals surface area contributed by atoms with Gasteiger partial charge in [0.2, 0.25) is 0 Å². The van der Waals surface area contributed by atoms with E-state index in [1.165, 1.54) is 0 Å². The van der Waals surface area contributed by atoms with Crippen molar-refractivity contribution >= 4 is 34.7 Å². The fourth-order valence-corrected chi connectivity index (χ4v) is 1.80. The zero-order valence-corrected chi connectivity index (χ0v) is 9.25. The summed E-state index contributed by atoms with van der Waals surface area (Å²) in [6.45, 7) is 2.03. The maximum Gasteiger partial charge on any atom is 0.137 e. The van der Waals surface area contributed by atoms with Crippen LogP contribution < -0.4 is 0 Å². The van der Waals surface area contributed by atoms with Crippen molar-refractivity contribution in [2.75, 3.05) is 0 Å². The Kier molecular flexibility index (Phi) is 2.52. The second-order valence-corrected chi connectivity index (χ2v) is 3.86. The third-order valence-corrected chi connectivity index (χ3v) is 2.61. The Morgan fingerprint density at radius 3 is 3.00 bits per heavy atom. The maximum absolute atomic E-state index is 5.89. The van der Waals surface area contributed by atoms with Crippen LogP contribution in [0.3, 0.4) is 0 Å². The highest BCUT2D eigenvalue weighted by Gasteiger charge is 2.00. The molecule has 2 nitrogen and oxygen atoms in total. The molecule has 0 aliphatic heterocycles. The summed E-state index contributed by atoms with van der Waals surface area (Å²) in [7, 11) is 0. The quantitative estimate of drug-likeness (QED) is 0.751. The molecule has 1 heterocycles. The van der Waals surface area contributed by atoms with E-state index in [4.69, 9.17) is 23.8 Å². The molecular formula is C10H9ClN2S. The highest BCUT2D eigenvalue weighted by Crippen LogP contribution is 2.18. The topological polar surface area (TPSA) is 28.7 Å². The number of aromatic amines is 1. The summed E-state index contributed by atoms with van der Waals surface area (Å²) in [6, 6.07) is 5.58. The highest BCUT2D eigenvalue weighted by molar-refractivity contribution is 7.71. The van der Waals surface area contributed by atoms with Gasteiger partial charge in [-0.1, -0.05) is 30.7 Å². The molecule has 0 radical (unpaired) electrons. The number of nitrogens with zero attached hydrogens (tertiary/aromatic N) is 1. The van der Waals surface area contributed by atoms with E-state index in [9.17, 15) is 0 Å². The van der Waals surface area contributed by atoms with Crippen molar-refractivity contribution in [3.63, 3.8) is 0 Å². The van der Waals surface area contributed by atoms with Crippen molar-refractivity contribution in [3.8, 4) is 0 Å². The predicted molar refractivity (Wildman–Crippen MR) is 61.3 cm³/mol. The van der Waals surface area contributed by atoms with E-state index in [0.717, 1.165) is 23.1 Å². The van der Waals surface area contributed by atoms with Crippen LogP contribution in [0.15, 0.2) is 18.2 Å². The van der Waals surface area contributed by atoms with Gasteiger partial charge in [0.15, 0.2) is 0 Å². The number of aryl methyl sites for hydroxylation is 1. The van der Waals surface area contributed by atoms with Gasteiger partial charge < -0.3 is 4.98 Å². The molecule has 0 bridgehead atoms. The van der Waals surface area contributed by atoms with Crippen LogP contribution in [-0.4, -0.2) is 9.97 Å².